The number of carbonyl (C=O) groups excluding carboxylic acids is 1. The molecule has 0 radical (unpaired) electrons. The van der Waals surface area contributed by atoms with Gasteiger partial charge in [-0.2, -0.15) is 5.10 Å². The minimum atomic E-state index is -3.44. The summed E-state index contributed by atoms with van der Waals surface area (Å²) in [6.07, 6.45) is 3.47. The van der Waals surface area contributed by atoms with Crippen molar-refractivity contribution in [1.82, 2.24) is 15.1 Å². The van der Waals surface area contributed by atoms with Crippen LogP contribution < -0.4 is 5.32 Å². The zero-order valence-electron chi connectivity index (χ0n) is 12.6. The maximum absolute atomic E-state index is 12.4. The van der Waals surface area contributed by atoms with Gasteiger partial charge in [0.25, 0.3) is 5.91 Å². The van der Waals surface area contributed by atoms with E-state index >= 15 is 0 Å². The molecule has 0 fully saturated rings. The minimum Gasteiger partial charge on any atom is -0.348 e. The monoisotopic (exact) mass is 321 g/mol. The summed E-state index contributed by atoms with van der Waals surface area (Å²) < 4.78 is 25.9. The number of rotatable bonds is 6. The van der Waals surface area contributed by atoms with E-state index in [0.29, 0.717) is 6.54 Å². The Morgan fingerprint density at radius 3 is 2.68 bits per heavy atom. The molecular weight excluding hydrogens is 302 g/mol. The molecule has 0 saturated heterocycles. The summed E-state index contributed by atoms with van der Waals surface area (Å²) in [5.74, 6) is -0.438. The topological polar surface area (TPSA) is 81.1 Å². The molecule has 22 heavy (non-hydrogen) atoms. The lowest BCUT2D eigenvalue weighted by Crippen LogP contribution is -2.36. The molecule has 0 aliphatic heterocycles. The van der Waals surface area contributed by atoms with Crippen LogP contribution in [0.25, 0.3) is 0 Å². The third-order valence-corrected chi connectivity index (χ3v) is 5.03. The summed E-state index contributed by atoms with van der Waals surface area (Å²) in [5, 5.41) is 6.88. The molecule has 2 rings (SSSR count). The molecule has 0 aliphatic rings. The Kier molecular flexibility index (Phi) is 4.97. The number of sulfone groups is 1. The number of carbonyl (C=O) groups is 1. The average Bonchev–Trinajstić information content (AvgIpc) is 3.00. The van der Waals surface area contributed by atoms with E-state index < -0.39 is 15.7 Å². The molecule has 1 amide bonds. The molecule has 1 aromatic heterocycles. The van der Waals surface area contributed by atoms with Crippen LogP contribution in [0.15, 0.2) is 47.6 Å². The van der Waals surface area contributed by atoms with E-state index in [1.807, 2.05) is 6.92 Å². The van der Waals surface area contributed by atoms with Crippen molar-refractivity contribution in [3.8, 4) is 0 Å². The van der Waals surface area contributed by atoms with Gasteiger partial charge in [-0.15, -0.1) is 0 Å². The lowest BCUT2D eigenvalue weighted by Gasteiger charge is -2.15. The molecule has 118 valence electrons. The Hall–Kier alpha value is -2.15. The smallest absolute Gasteiger partial charge is 0.252 e. The second kappa shape index (κ2) is 6.74. The van der Waals surface area contributed by atoms with Crippen LogP contribution in [0.5, 0.6) is 0 Å². The van der Waals surface area contributed by atoms with E-state index in [2.05, 4.69) is 10.4 Å². The number of nitrogens with zero attached hydrogens (tertiary/aromatic N) is 2. The van der Waals surface area contributed by atoms with E-state index in [0.717, 1.165) is 0 Å². The molecule has 0 spiro atoms. The van der Waals surface area contributed by atoms with Crippen LogP contribution in [-0.4, -0.2) is 35.9 Å². The van der Waals surface area contributed by atoms with E-state index in [9.17, 15) is 13.2 Å². The number of hydrogen-bond acceptors (Lipinski definition) is 4. The molecule has 1 heterocycles. The largest absolute Gasteiger partial charge is 0.348 e. The summed E-state index contributed by atoms with van der Waals surface area (Å²) in [6, 6.07) is 7.89. The highest BCUT2D eigenvalue weighted by molar-refractivity contribution is 7.91. The van der Waals surface area contributed by atoms with Crippen LogP contribution in [0.1, 0.15) is 24.2 Å². The molecule has 1 atom stereocenters. The van der Waals surface area contributed by atoms with Gasteiger partial charge in [0.05, 0.1) is 22.8 Å². The first-order chi connectivity index (χ1) is 10.4. The van der Waals surface area contributed by atoms with E-state index in [4.69, 9.17) is 0 Å². The molecule has 6 nitrogen and oxygen atoms in total. The fraction of sp³-hybridized carbons (Fsp3) is 0.333. The molecule has 7 heteroatoms. The summed E-state index contributed by atoms with van der Waals surface area (Å²) in [5.41, 5.74) is 0.177. The zero-order valence-corrected chi connectivity index (χ0v) is 13.4. The minimum absolute atomic E-state index is 0.0415. The Morgan fingerprint density at radius 1 is 1.32 bits per heavy atom. The van der Waals surface area contributed by atoms with Crippen molar-refractivity contribution in [3.05, 3.63) is 48.3 Å². The highest BCUT2D eigenvalue weighted by Gasteiger charge is 2.21. The number of aromatic nitrogens is 2. The first-order valence-corrected chi connectivity index (χ1v) is 8.69. The van der Waals surface area contributed by atoms with Crippen LogP contribution in [0.4, 0.5) is 0 Å². The molecule has 2 aromatic rings. The third kappa shape index (κ3) is 3.73. The second-order valence-corrected chi connectivity index (χ2v) is 7.25. The van der Waals surface area contributed by atoms with Crippen molar-refractivity contribution >= 4 is 15.7 Å². The first-order valence-electron chi connectivity index (χ1n) is 7.04. The molecule has 1 N–H and O–H groups in total. The quantitative estimate of drug-likeness (QED) is 0.874. The summed E-state index contributed by atoms with van der Waals surface area (Å²) in [7, 11) is -3.44. The molecule has 0 unspecified atom stereocenters. The third-order valence-electron chi connectivity index (χ3n) is 3.24. The first kappa shape index (κ1) is 16.2. The maximum Gasteiger partial charge on any atom is 0.252 e. The van der Waals surface area contributed by atoms with Gasteiger partial charge in [-0.3, -0.25) is 9.48 Å². The van der Waals surface area contributed by atoms with Crippen LogP contribution >= 0.6 is 0 Å². The highest BCUT2D eigenvalue weighted by atomic mass is 32.2. The van der Waals surface area contributed by atoms with Crippen molar-refractivity contribution in [2.45, 2.75) is 31.3 Å². The second-order valence-electron chi connectivity index (χ2n) is 5.00. The summed E-state index contributed by atoms with van der Waals surface area (Å²) in [6.45, 7) is 3.92. The zero-order chi connectivity index (χ0) is 16.2. The van der Waals surface area contributed by atoms with Gasteiger partial charge >= 0.3 is 0 Å². The van der Waals surface area contributed by atoms with Crippen molar-refractivity contribution in [2.75, 3.05) is 5.75 Å². The Morgan fingerprint density at radius 2 is 2.05 bits per heavy atom. The normalized spacial score (nSPS) is 12.8. The predicted molar refractivity (Wildman–Crippen MR) is 83.3 cm³/mol. The van der Waals surface area contributed by atoms with Crippen molar-refractivity contribution in [2.24, 2.45) is 0 Å². The fourth-order valence-corrected chi connectivity index (χ4v) is 3.21. The maximum atomic E-state index is 12.4. The van der Waals surface area contributed by atoms with Gasteiger partial charge in [0.15, 0.2) is 9.84 Å². The van der Waals surface area contributed by atoms with Gasteiger partial charge in [-0.1, -0.05) is 19.1 Å². The van der Waals surface area contributed by atoms with Gasteiger partial charge in [-0.25, -0.2) is 8.42 Å². The Bertz CT molecular complexity index is 739. The SMILES string of the molecule is CCS(=O)(=O)c1ccccc1C(=O)N[C@H](C)Cn1cccn1. The van der Waals surface area contributed by atoms with Gasteiger partial charge < -0.3 is 5.32 Å². The molecular formula is C15H19N3O3S. The molecule has 0 saturated carbocycles. The lowest BCUT2D eigenvalue weighted by atomic mass is 10.2. The number of amides is 1. The Labute approximate surface area is 130 Å². The Balaban J connectivity index is 2.16. The molecule has 0 bridgehead atoms. The summed E-state index contributed by atoms with van der Waals surface area (Å²) >= 11 is 0. The van der Waals surface area contributed by atoms with Crippen LogP contribution in [0.2, 0.25) is 0 Å². The van der Waals surface area contributed by atoms with Crippen molar-refractivity contribution < 1.29 is 13.2 Å². The molecule has 0 aliphatic carbocycles. The molecule has 1 aromatic carbocycles. The van der Waals surface area contributed by atoms with Crippen molar-refractivity contribution in [1.29, 1.82) is 0 Å². The van der Waals surface area contributed by atoms with Crippen molar-refractivity contribution in [3.63, 3.8) is 0 Å². The van der Waals surface area contributed by atoms with Gasteiger partial charge in [0.1, 0.15) is 0 Å². The number of benzene rings is 1. The van der Waals surface area contributed by atoms with Crippen LogP contribution in [0.3, 0.4) is 0 Å². The van der Waals surface area contributed by atoms with Crippen LogP contribution in [0, 0.1) is 0 Å². The standard InChI is InChI=1S/C15H19N3O3S/c1-3-22(20,21)14-8-5-4-7-13(14)15(19)17-12(2)11-18-10-6-9-16-18/h4-10,12H,3,11H2,1-2H3,(H,17,19)/t12-/m1/s1. The number of nitrogens with one attached hydrogen (secondary N) is 1. The number of hydrogen-bond donors (Lipinski definition) is 1. The predicted octanol–water partition coefficient (Wildman–Crippen LogP) is 1.50. The van der Waals surface area contributed by atoms with Gasteiger partial charge in [-0.05, 0) is 25.1 Å². The fourth-order valence-electron chi connectivity index (χ4n) is 2.12. The van der Waals surface area contributed by atoms with Crippen LogP contribution in [-0.2, 0) is 16.4 Å². The summed E-state index contributed by atoms with van der Waals surface area (Å²) in [4.78, 5) is 12.4. The van der Waals surface area contributed by atoms with E-state index in [1.165, 1.54) is 12.1 Å². The highest BCUT2D eigenvalue weighted by Crippen LogP contribution is 2.17. The van der Waals surface area contributed by atoms with E-state index in [1.54, 1.807) is 42.2 Å². The van der Waals surface area contributed by atoms with E-state index in [-0.39, 0.29) is 22.3 Å². The van der Waals surface area contributed by atoms with Gasteiger partial charge in [0, 0.05) is 18.4 Å². The average molecular weight is 321 g/mol. The van der Waals surface area contributed by atoms with Gasteiger partial charge in [0.2, 0.25) is 0 Å². The lowest BCUT2D eigenvalue weighted by molar-refractivity contribution is 0.0932.